The van der Waals surface area contributed by atoms with Crippen LogP contribution in [-0.4, -0.2) is 40.6 Å². The Morgan fingerprint density at radius 2 is 1.53 bits per heavy atom. The molecule has 5 fully saturated rings. The van der Waals surface area contributed by atoms with Crippen molar-refractivity contribution in [2.75, 3.05) is 0 Å². The van der Waals surface area contributed by atoms with E-state index in [-0.39, 0.29) is 58.2 Å². The molecule has 8 atom stereocenters. The number of fused-ring (bicyclic) bond motifs is 7. The lowest BCUT2D eigenvalue weighted by atomic mass is 9.33. The number of ether oxygens (including phenoxy) is 1. The number of esters is 1. The summed E-state index contributed by atoms with van der Waals surface area (Å²) in [5, 5.41) is 13.4. The first-order valence-electron chi connectivity index (χ1n) is 20.8. The SMILES string of the molecule is CC(C)C1=C2C3CCC4C5(C)CCC(OC(=O)CC(C)(C)C(=O)O)C(C)(C)C5CCC4(C)C3(C)CCC2(C(=O)C(=O)NC2(c3ccc(Cl)cc3)CC2)CC1=O. The summed E-state index contributed by atoms with van der Waals surface area (Å²) in [5.74, 6) is -1.79. The second kappa shape index (κ2) is 13.0. The van der Waals surface area contributed by atoms with Gasteiger partial charge in [-0.1, -0.05) is 72.2 Å². The fourth-order valence-corrected chi connectivity index (χ4v) is 13.7. The highest BCUT2D eigenvalue weighted by atomic mass is 35.5. The van der Waals surface area contributed by atoms with Crippen LogP contribution in [0.3, 0.4) is 0 Å². The van der Waals surface area contributed by atoms with E-state index < -0.39 is 40.0 Å². The number of benzene rings is 1. The summed E-state index contributed by atoms with van der Waals surface area (Å²) < 4.78 is 6.15. The monoisotopic (exact) mass is 775 g/mol. The third-order valence-electron chi connectivity index (χ3n) is 16.9. The third-order valence-corrected chi connectivity index (χ3v) is 17.2. The molecule has 6 aliphatic rings. The number of hydrogen-bond donors (Lipinski definition) is 2. The molecule has 0 aromatic heterocycles. The molecule has 8 nitrogen and oxygen atoms in total. The van der Waals surface area contributed by atoms with E-state index in [1.165, 1.54) is 0 Å². The second-order valence-corrected chi connectivity index (χ2v) is 21.3. The zero-order valence-corrected chi connectivity index (χ0v) is 35.2. The lowest BCUT2D eigenvalue weighted by molar-refractivity contribution is -0.233. The summed E-state index contributed by atoms with van der Waals surface area (Å²) >= 11 is 6.16. The zero-order valence-electron chi connectivity index (χ0n) is 34.5. The van der Waals surface area contributed by atoms with Crippen molar-refractivity contribution < 1.29 is 33.8 Å². The molecular formula is C46H62ClNO7. The van der Waals surface area contributed by atoms with Crippen molar-refractivity contribution in [1.82, 2.24) is 5.32 Å². The molecule has 5 saturated carbocycles. The van der Waals surface area contributed by atoms with Crippen LogP contribution in [0.1, 0.15) is 145 Å². The fourth-order valence-electron chi connectivity index (χ4n) is 13.6. The molecule has 9 heteroatoms. The Morgan fingerprint density at radius 1 is 0.873 bits per heavy atom. The van der Waals surface area contributed by atoms with Crippen LogP contribution >= 0.6 is 11.6 Å². The maximum absolute atomic E-state index is 14.8. The van der Waals surface area contributed by atoms with Gasteiger partial charge in [-0.05, 0) is 147 Å². The van der Waals surface area contributed by atoms with Crippen molar-refractivity contribution in [3.63, 3.8) is 0 Å². The summed E-state index contributed by atoms with van der Waals surface area (Å²) in [5.41, 5.74) is -0.736. The highest BCUT2D eigenvalue weighted by molar-refractivity contribution is 6.40. The molecule has 0 radical (unpaired) electrons. The molecule has 55 heavy (non-hydrogen) atoms. The number of hydrogen-bond acceptors (Lipinski definition) is 6. The Balaban J connectivity index is 1.17. The number of amides is 1. The Morgan fingerprint density at radius 3 is 2.13 bits per heavy atom. The smallest absolute Gasteiger partial charge is 0.309 e. The number of Topliss-reactive ketones (excluding diaryl/α,β-unsaturated/α-hetero) is 2. The summed E-state index contributed by atoms with van der Waals surface area (Å²) in [7, 11) is 0. The van der Waals surface area contributed by atoms with Gasteiger partial charge in [-0.3, -0.25) is 24.0 Å². The standard InChI is InChI=1S/C46H62ClNO7/c1-26(2)35-30(49)24-45(37(51)38(52)48-46(22-23-46)27-10-12-28(47)13-11-27)21-20-43(8)29(36(35)45)14-15-32-42(7)18-17-33(55-34(50)25-40(3,4)39(53)54)41(5,6)31(42)16-19-44(32,43)9/h10-13,26,29,31-33H,14-25H2,1-9H3,(H,48,52)(H,53,54). The van der Waals surface area contributed by atoms with Crippen LogP contribution in [0, 0.1) is 56.2 Å². The van der Waals surface area contributed by atoms with E-state index in [1.807, 2.05) is 24.3 Å². The van der Waals surface area contributed by atoms with Gasteiger partial charge in [0.15, 0.2) is 5.78 Å². The van der Waals surface area contributed by atoms with E-state index in [0.717, 1.165) is 74.5 Å². The molecule has 7 rings (SSSR count). The Hall–Kier alpha value is -3.00. The molecule has 8 unspecified atom stereocenters. The van der Waals surface area contributed by atoms with Crippen LogP contribution in [0.15, 0.2) is 35.4 Å². The maximum atomic E-state index is 14.8. The largest absolute Gasteiger partial charge is 0.481 e. The van der Waals surface area contributed by atoms with Gasteiger partial charge in [0.2, 0.25) is 5.78 Å². The number of halogens is 1. The van der Waals surface area contributed by atoms with Gasteiger partial charge in [-0.2, -0.15) is 0 Å². The number of nitrogens with one attached hydrogen (secondary N) is 1. The van der Waals surface area contributed by atoms with Gasteiger partial charge in [0, 0.05) is 16.9 Å². The maximum Gasteiger partial charge on any atom is 0.309 e. The van der Waals surface area contributed by atoms with Crippen LogP contribution in [0.4, 0.5) is 0 Å². The predicted octanol–water partition coefficient (Wildman–Crippen LogP) is 9.41. The first kappa shape index (κ1) is 40.2. The number of carboxylic acids is 1. The molecule has 0 bridgehead atoms. The predicted molar refractivity (Wildman–Crippen MR) is 211 cm³/mol. The van der Waals surface area contributed by atoms with E-state index >= 15 is 0 Å². The van der Waals surface area contributed by atoms with E-state index in [1.54, 1.807) is 13.8 Å². The summed E-state index contributed by atoms with van der Waals surface area (Å²) in [6.45, 7) is 19.1. The Labute approximate surface area is 332 Å². The molecule has 1 amide bonds. The minimum atomic E-state index is -1.19. The van der Waals surface area contributed by atoms with Crippen LogP contribution in [0.2, 0.25) is 5.02 Å². The average Bonchev–Trinajstić information content (AvgIpc) is 3.80. The Bertz CT molecular complexity index is 1860. The summed E-state index contributed by atoms with van der Waals surface area (Å²) in [6, 6.07) is 7.47. The van der Waals surface area contributed by atoms with Gasteiger partial charge < -0.3 is 15.2 Å². The van der Waals surface area contributed by atoms with Gasteiger partial charge in [-0.15, -0.1) is 0 Å². The van der Waals surface area contributed by atoms with Gasteiger partial charge in [-0.25, -0.2) is 0 Å². The average molecular weight is 776 g/mol. The minimum absolute atomic E-state index is 0.0149. The van der Waals surface area contributed by atoms with Crippen molar-refractivity contribution in [3.8, 4) is 0 Å². The molecule has 300 valence electrons. The quantitative estimate of drug-likeness (QED) is 0.189. The topological polar surface area (TPSA) is 127 Å². The number of carbonyl (C=O) groups is 5. The molecule has 0 heterocycles. The van der Waals surface area contributed by atoms with Crippen LogP contribution < -0.4 is 5.32 Å². The van der Waals surface area contributed by atoms with Crippen LogP contribution in [-0.2, 0) is 34.2 Å². The number of rotatable bonds is 9. The van der Waals surface area contributed by atoms with Gasteiger partial charge in [0.05, 0.1) is 22.8 Å². The minimum Gasteiger partial charge on any atom is -0.481 e. The van der Waals surface area contributed by atoms with Crippen molar-refractivity contribution in [2.45, 2.75) is 151 Å². The lowest BCUT2D eigenvalue weighted by Gasteiger charge is -2.72. The number of aliphatic carboxylic acids is 1. The van der Waals surface area contributed by atoms with E-state index in [9.17, 15) is 29.1 Å². The lowest BCUT2D eigenvalue weighted by Crippen LogP contribution is -2.66. The molecule has 6 aliphatic carbocycles. The molecule has 0 saturated heterocycles. The molecular weight excluding hydrogens is 714 g/mol. The van der Waals surface area contributed by atoms with Crippen LogP contribution in [0.5, 0.6) is 0 Å². The van der Waals surface area contributed by atoms with Gasteiger partial charge in [0.1, 0.15) is 6.10 Å². The number of carbonyl (C=O) groups excluding carboxylic acids is 4. The number of allylic oxidation sites excluding steroid dienone is 2. The molecule has 2 N–H and O–H groups in total. The summed E-state index contributed by atoms with van der Waals surface area (Å²) in [4.78, 5) is 67.9. The number of ketones is 2. The molecule has 1 aromatic rings. The van der Waals surface area contributed by atoms with Gasteiger partial charge >= 0.3 is 11.9 Å². The molecule has 1 aromatic carbocycles. The first-order chi connectivity index (χ1) is 25.5. The third kappa shape index (κ3) is 5.91. The van der Waals surface area contributed by atoms with Gasteiger partial charge in [0.25, 0.3) is 5.91 Å². The summed E-state index contributed by atoms with van der Waals surface area (Å²) in [6.07, 6.45) is 7.85. The second-order valence-electron chi connectivity index (χ2n) is 20.9. The Kier molecular flexibility index (Phi) is 9.51. The number of carboxylic acid groups (broad SMARTS) is 1. The normalized spacial score (nSPS) is 37.3. The molecule has 0 aliphatic heterocycles. The van der Waals surface area contributed by atoms with Crippen molar-refractivity contribution in [3.05, 3.63) is 46.0 Å². The van der Waals surface area contributed by atoms with Crippen molar-refractivity contribution in [2.24, 2.45) is 56.2 Å². The van der Waals surface area contributed by atoms with E-state index in [0.29, 0.717) is 23.3 Å². The molecule has 0 spiro atoms. The van der Waals surface area contributed by atoms with Crippen molar-refractivity contribution in [1.29, 1.82) is 0 Å². The zero-order chi connectivity index (χ0) is 40.3. The van der Waals surface area contributed by atoms with Crippen molar-refractivity contribution >= 4 is 41.0 Å². The van der Waals surface area contributed by atoms with E-state index in [4.69, 9.17) is 16.3 Å². The highest BCUT2D eigenvalue weighted by Gasteiger charge is 2.71. The fraction of sp³-hybridized carbons (Fsp3) is 0.717. The van der Waals surface area contributed by atoms with E-state index in [2.05, 4.69) is 53.8 Å². The highest BCUT2D eigenvalue weighted by Crippen LogP contribution is 2.77. The first-order valence-corrected chi connectivity index (χ1v) is 21.2. The van der Waals surface area contributed by atoms with Crippen LogP contribution in [0.25, 0.3) is 0 Å².